The Kier molecular flexibility index (Phi) is 9.85. The fourth-order valence-corrected chi connectivity index (χ4v) is 3.36. The molecule has 2 aromatic rings. The minimum absolute atomic E-state index is 0.109. The van der Waals surface area contributed by atoms with Gasteiger partial charge >= 0.3 is 0 Å². The summed E-state index contributed by atoms with van der Waals surface area (Å²) in [6, 6.07) is 13.1. The maximum Gasteiger partial charge on any atom is 0.251 e. The zero-order valence-corrected chi connectivity index (χ0v) is 21.0. The maximum absolute atomic E-state index is 12.7. The van der Waals surface area contributed by atoms with Gasteiger partial charge in [-0.1, -0.05) is 32.9 Å². The van der Waals surface area contributed by atoms with Crippen molar-refractivity contribution in [3.63, 3.8) is 0 Å². The Balaban J connectivity index is 1.79. The molecule has 0 fully saturated rings. The van der Waals surface area contributed by atoms with E-state index in [4.69, 9.17) is 17.0 Å². The molecule has 0 aliphatic heterocycles. The smallest absolute Gasteiger partial charge is 0.251 e. The first kappa shape index (κ1) is 26.3. The quantitative estimate of drug-likeness (QED) is 0.332. The Morgan fingerprint density at radius 2 is 1.76 bits per heavy atom. The number of thiocarbonyl (C=S) groups is 1. The highest BCUT2D eigenvalue weighted by Gasteiger charge is 2.27. The fraction of sp³-hybridized carbons (Fsp3) is 0.423. The van der Waals surface area contributed by atoms with Crippen LogP contribution in [-0.4, -0.2) is 30.1 Å². The number of aryl methyl sites for hydroxylation is 2. The second-order valence-electron chi connectivity index (χ2n) is 8.85. The van der Waals surface area contributed by atoms with Gasteiger partial charge in [0.25, 0.3) is 5.91 Å². The van der Waals surface area contributed by atoms with Crippen LogP contribution >= 0.6 is 12.2 Å². The molecule has 0 atom stereocenters. The summed E-state index contributed by atoms with van der Waals surface area (Å²) in [6.45, 7) is 11.0. The van der Waals surface area contributed by atoms with Crippen LogP contribution in [0, 0.1) is 19.3 Å². The molecule has 7 heteroatoms. The van der Waals surface area contributed by atoms with E-state index in [0.717, 1.165) is 29.7 Å². The number of hydrogen-bond acceptors (Lipinski definition) is 4. The minimum Gasteiger partial charge on any atom is -0.493 e. The highest BCUT2D eigenvalue weighted by atomic mass is 32.1. The Morgan fingerprint density at radius 3 is 2.42 bits per heavy atom. The number of carbonyl (C=O) groups is 2. The standard InChI is InChI=1S/C26H35N3O3S/c1-6-15-27-23(30)20-10-12-21(13-11-20)28-25(33)29-24(31)26(4,5)14-7-16-32-22-17-18(2)8-9-19(22)3/h8-13,17H,6-7,14-16H2,1-5H3,(H,27,30)(H2,28,29,31,33). The molecule has 0 unspecified atom stereocenters. The second-order valence-corrected chi connectivity index (χ2v) is 9.25. The molecule has 0 heterocycles. The third-order valence-electron chi connectivity index (χ3n) is 5.33. The molecule has 0 saturated carbocycles. The highest BCUT2D eigenvalue weighted by Crippen LogP contribution is 2.24. The number of ether oxygens (including phenoxy) is 1. The Labute approximate surface area is 202 Å². The second kappa shape index (κ2) is 12.3. The third kappa shape index (κ3) is 8.50. The fourth-order valence-electron chi connectivity index (χ4n) is 3.15. The first-order chi connectivity index (χ1) is 15.6. The summed E-state index contributed by atoms with van der Waals surface area (Å²) in [7, 11) is 0. The Bertz CT molecular complexity index is 971. The van der Waals surface area contributed by atoms with Crippen molar-refractivity contribution in [3.8, 4) is 5.75 Å². The van der Waals surface area contributed by atoms with Gasteiger partial charge in [-0.15, -0.1) is 0 Å². The third-order valence-corrected chi connectivity index (χ3v) is 5.53. The van der Waals surface area contributed by atoms with Gasteiger partial charge in [0.2, 0.25) is 5.91 Å². The Hall–Kier alpha value is -2.93. The Morgan fingerprint density at radius 1 is 1.06 bits per heavy atom. The van der Waals surface area contributed by atoms with Crippen LogP contribution < -0.4 is 20.7 Å². The first-order valence-corrected chi connectivity index (χ1v) is 11.7. The molecule has 0 spiro atoms. The molecule has 0 aliphatic carbocycles. The van der Waals surface area contributed by atoms with Gasteiger partial charge in [0.05, 0.1) is 6.61 Å². The van der Waals surface area contributed by atoms with Crippen molar-refractivity contribution in [2.45, 2.75) is 53.9 Å². The summed E-state index contributed by atoms with van der Waals surface area (Å²) < 4.78 is 5.90. The molecule has 2 rings (SSSR count). The number of hydrogen-bond donors (Lipinski definition) is 3. The van der Waals surface area contributed by atoms with E-state index in [0.29, 0.717) is 30.8 Å². The van der Waals surface area contributed by atoms with Gasteiger partial charge in [-0.3, -0.25) is 9.59 Å². The van der Waals surface area contributed by atoms with Crippen molar-refractivity contribution in [2.75, 3.05) is 18.5 Å². The van der Waals surface area contributed by atoms with Crippen molar-refractivity contribution in [1.29, 1.82) is 0 Å². The van der Waals surface area contributed by atoms with Gasteiger partial charge in [-0.2, -0.15) is 0 Å². The monoisotopic (exact) mass is 469 g/mol. The van der Waals surface area contributed by atoms with E-state index in [1.165, 1.54) is 0 Å². The molecule has 3 N–H and O–H groups in total. The van der Waals surface area contributed by atoms with Crippen LogP contribution in [0.4, 0.5) is 5.69 Å². The predicted molar refractivity (Wildman–Crippen MR) is 138 cm³/mol. The van der Waals surface area contributed by atoms with E-state index < -0.39 is 5.41 Å². The zero-order chi connectivity index (χ0) is 24.4. The van der Waals surface area contributed by atoms with Crippen molar-refractivity contribution >= 4 is 34.8 Å². The molecule has 0 aliphatic rings. The summed E-state index contributed by atoms with van der Waals surface area (Å²) in [5, 5.41) is 8.83. The number of amides is 2. The van der Waals surface area contributed by atoms with Gasteiger partial charge in [-0.05, 0) is 86.8 Å². The molecule has 0 radical (unpaired) electrons. The molecular formula is C26H35N3O3S. The van der Waals surface area contributed by atoms with Crippen LogP contribution in [0.5, 0.6) is 5.75 Å². The van der Waals surface area contributed by atoms with Crippen LogP contribution in [0.15, 0.2) is 42.5 Å². The molecule has 33 heavy (non-hydrogen) atoms. The lowest BCUT2D eigenvalue weighted by Gasteiger charge is -2.24. The summed E-state index contributed by atoms with van der Waals surface area (Å²) in [5.41, 5.74) is 2.94. The average molecular weight is 470 g/mol. The van der Waals surface area contributed by atoms with Crippen molar-refractivity contribution in [1.82, 2.24) is 10.6 Å². The molecule has 0 saturated heterocycles. The molecule has 0 aromatic heterocycles. The number of benzene rings is 2. The van der Waals surface area contributed by atoms with Crippen LogP contribution in [0.2, 0.25) is 0 Å². The van der Waals surface area contributed by atoms with Gasteiger partial charge in [0, 0.05) is 23.2 Å². The summed E-state index contributed by atoms with van der Waals surface area (Å²) >= 11 is 5.30. The predicted octanol–water partition coefficient (Wildman–Crippen LogP) is 5.14. The van der Waals surface area contributed by atoms with E-state index in [9.17, 15) is 9.59 Å². The largest absolute Gasteiger partial charge is 0.493 e. The molecule has 0 bridgehead atoms. The SMILES string of the molecule is CCCNC(=O)c1ccc(NC(=S)NC(=O)C(C)(C)CCCOc2cc(C)ccc2C)cc1. The summed E-state index contributed by atoms with van der Waals surface area (Å²) in [4.78, 5) is 24.7. The van der Waals surface area contributed by atoms with Crippen LogP contribution in [-0.2, 0) is 4.79 Å². The van der Waals surface area contributed by atoms with Gasteiger partial charge in [0.15, 0.2) is 5.11 Å². The average Bonchev–Trinajstić information content (AvgIpc) is 2.77. The van der Waals surface area contributed by atoms with Gasteiger partial charge in [-0.25, -0.2) is 0 Å². The lowest BCUT2D eigenvalue weighted by molar-refractivity contribution is -0.128. The first-order valence-electron chi connectivity index (χ1n) is 11.3. The van der Waals surface area contributed by atoms with E-state index in [1.807, 2.05) is 46.8 Å². The lowest BCUT2D eigenvalue weighted by atomic mass is 9.87. The van der Waals surface area contributed by atoms with Crippen LogP contribution in [0.3, 0.4) is 0 Å². The highest BCUT2D eigenvalue weighted by molar-refractivity contribution is 7.80. The minimum atomic E-state index is -0.599. The van der Waals surface area contributed by atoms with E-state index in [2.05, 4.69) is 22.0 Å². The maximum atomic E-state index is 12.7. The lowest BCUT2D eigenvalue weighted by Crippen LogP contribution is -2.42. The van der Waals surface area contributed by atoms with Crippen molar-refractivity contribution < 1.29 is 14.3 Å². The molecule has 2 amide bonds. The van der Waals surface area contributed by atoms with Crippen LogP contribution in [0.25, 0.3) is 0 Å². The summed E-state index contributed by atoms with van der Waals surface area (Å²) in [6.07, 6.45) is 2.29. The number of rotatable bonds is 10. The van der Waals surface area contributed by atoms with Crippen LogP contribution in [0.1, 0.15) is 61.5 Å². The molecule has 6 nitrogen and oxygen atoms in total. The van der Waals surface area contributed by atoms with E-state index in [1.54, 1.807) is 24.3 Å². The molecular weight excluding hydrogens is 434 g/mol. The topological polar surface area (TPSA) is 79.5 Å². The van der Waals surface area contributed by atoms with Crippen molar-refractivity contribution in [2.24, 2.45) is 5.41 Å². The normalized spacial score (nSPS) is 10.9. The van der Waals surface area contributed by atoms with Gasteiger partial charge in [0.1, 0.15) is 5.75 Å². The number of anilines is 1. The zero-order valence-electron chi connectivity index (χ0n) is 20.2. The van der Waals surface area contributed by atoms with E-state index in [-0.39, 0.29) is 16.9 Å². The van der Waals surface area contributed by atoms with Crippen molar-refractivity contribution in [3.05, 3.63) is 59.2 Å². The van der Waals surface area contributed by atoms with E-state index >= 15 is 0 Å². The summed E-state index contributed by atoms with van der Waals surface area (Å²) in [5.74, 6) is 0.626. The van der Waals surface area contributed by atoms with Gasteiger partial charge < -0.3 is 20.7 Å². The number of nitrogens with one attached hydrogen (secondary N) is 3. The molecule has 2 aromatic carbocycles. The molecule has 178 valence electrons. The number of carbonyl (C=O) groups excluding carboxylic acids is 2.